The number of nitrogens with zero attached hydrogens (tertiary/aromatic N) is 1. The summed E-state index contributed by atoms with van der Waals surface area (Å²) >= 11 is 0. The molecule has 2 saturated carbocycles. The summed E-state index contributed by atoms with van der Waals surface area (Å²) in [6.45, 7) is 6.81. The van der Waals surface area contributed by atoms with Crippen LogP contribution in [0.2, 0.25) is 0 Å². The number of hydrogen-bond acceptors (Lipinski definition) is 3. The first-order chi connectivity index (χ1) is 13.8. The van der Waals surface area contributed by atoms with Crippen molar-refractivity contribution in [2.45, 2.75) is 46.5 Å². The standard InChI is InChI=1S/C24H29N3O2/c1-23(2)18-11-12-24(23,3)20(14-18)26-27-22(29)15-25-21(28)13-17-9-6-8-16-7-4-5-10-19(16)17/h4-10,18H,11-15H2,1-3H3,(H,25,28)(H,27,29)/b26-20+/t18-,24-/m0/s1. The van der Waals surface area contributed by atoms with E-state index in [1.165, 1.54) is 6.42 Å². The van der Waals surface area contributed by atoms with Crippen molar-refractivity contribution in [2.75, 3.05) is 6.54 Å². The van der Waals surface area contributed by atoms with Gasteiger partial charge in [-0.05, 0) is 46.9 Å². The third kappa shape index (κ3) is 3.43. The second-order valence-electron chi connectivity index (χ2n) is 9.18. The number of hydrazone groups is 1. The Morgan fingerprint density at radius 1 is 1.07 bits per heavy atom. The van der Waals surface area contributed by atoms with Crippen molar-refractivity contribution in [1.82, 2.24) is 10.7 Å². The molecule has 0 saturated heterocycles. The number of fused-ring (bicyclic) bond motifs is 3. The van der Waals surface area contributed by atoms with Crippen molar-refractivity contribution in [3.8, 4) is 0 Å². The van der Waals surface area contributed by atoms with Crippen molar-refractivity contribution >= 4 is 28.3 Å². The topological polar surface area (TPSA) is 70.6 Å². The maximum atomic E-state index is 12.3. The average molecular weight is 392 g/mol. The lowest BCUT2D eigenvalue weighted by Gasteiger charge is -2.34. The van der Waals surface area contributed by atoms with Gasteiger partial charge in [0.1, 0.15) is 0 Å². The van der Waals surface area contributed by atoms with Crippen LogP contribution in [-0.2, 0) is 16.0 Å². The Labute approximate surface area is 171 Å². The predicted octanol–water partition coefficient (Wildman–Crippen LogP) is 3.82. The largest absolute Gasteiger partial charge is 0.347 e. The number of benzene rings is 2. The quantitative estimate of drug-likeness (QED) is 0.761. The molecule has 2 aromatic rings. The van der Waals surface area contributed by atoms with Gasteiger partial charge >= 0.3 is 0 Å². The van der Waals surface area contributed by atoms with Crippen LogP contribution in [0.1, 0.15) is 45.6 Å². The lowest BCUT2D eigenvalue weighted by molar-refractivity contribution is -0.125. The van der Waals surface area contributed by atoms with E-state index >= 15 is 0 Å². The van der Waals surface area contributed by atoms with E-state index < -0.39 is 0 Å². The molecule has 2 atom stereocenters. The molecule has 2 fully saturated rings. The van der Waals surface area contributed by atoms with Gasteiger partial charge in [-0.2, -0.15) is 5.10 Å². The minimum Gasteiger partial charge on any atom is -0.347 e. The molecule has 0 aromatic heterocycles. The molecule has 2 bridgehead atoms. The molecule has 0 aliphatic heterocycles. The van der Waals surface area contributed by atoms with Gasteiger partial charge in [-0.15, -0.1) is 0 Å². The summed E-state index contributed by atoms with van der Waals surface area (Å²) < 4.78 is 0. The van der Waals surface area contributed by atoms with E-state index in [9.17, 15) is 9.59 Å². The van der Waals surface area contributed by atoms with Gasteiger partial charge in [0, 0.05) is 11.1 Å². The Kier molecular flexibility index (Phi) is 4.93. The molecule has 2 N–H and O–H groups in total. The summed E-state index contributed by atoms with van der Waals surface area (Å²) in [5.74, 6) is 0.189. The molecule has 0 unspecified atom stereocenters. The summed E-state index contributed by atoms with van der Waals surface area (Å²) in [5, 5.41) is 9.32. The van der Waals surface area contributed by atoms with Gasteiger partial charge in [0.05, 0.1) is 13.0 Å². The van der Waals surface area contributed by atoms with Crippen LogP contribution in [0.25, 0.3) is 10.8 Å². The third-order valence-corrected chi connectivity index (χ3v) is 7.50. The minimum absolute atomic E-state index is 0.0581. The first kappa shape index (κ1) is 19.6. The third-order valence-electron chi connectivity index (χ3n) is 7.50. The van der Waals surface area contributed by atoms with Crippen molar-refractivity contribution in [1.29, 1.82) is 0 Å². The van der Waals surface area contributed by atoms with Crippen molar-refractivity contribution in [3.63, 3.8) is 0 Å². The van der Waals surface area contributed by atoms with Crippen LogP contribution < -0.4 is 10.7 Å². The zero-order chi connectivity index (χ0) is 20.6. The second kappa shape index (κ2) is 7.29. The molecule has 2 aliphatic carbocycles. The molecule has 5 nitrogen and oxygen atoms in total. The molecule has 0 spiro atoms. The Bertz CT molecular complexity index is 989. The summed E-state index contributed by atoms with van der Waals surface area (Å²) in [6.07, 6.45) is 3.57. The highest BCUT2D eigenvalue weighted by molar-refractivity contribution is 5.95. The highest BCUT2D eigenvalue weighted by Gasteiger charge is 2.60. The number of nitrogens with one attached hydrogen (secondary N) is 2. The minimum atomic E-state index is -0.284. The fourth-order valence-corrected chi connectivity index (χ4v) is 5.13. The molecule has 152 valence electrons. The van der Waals surface area contributed by atoms with Crippen LogP contribution in [0, 0.1) is 16.7 Å². The Balaban J connectivity index is 1.32. The fraction of sp³-hybridized carbons (Fsp3) is 0.458. The second-order valence-corrected chi connectivity index (χ2v) is 9.18. The van der Waals surface area contributed by atoms with Gasteiger partial charge in [-0.3, -0.25) is 9.59 Å². The van der Waals surface area contributed by atoms with E-state index in [1.807, 2.05) is 42.5 Å². The molecule has 29 heavy (non-hydrogen) atoms. The highest BCUT2D eigenvalue weighted by Crippen LogP contribution is 2.63. The molecular formula is C24H29N3O2. The number of rotatable bonds is 5. The van der Waals surface area contributed by atoms with Gasteiger partial charge in [0.25, 0.3) is 5.91 Å². The van der Waals surface area contributed by atoms with Crippen LogP contribution in [0.4, 0.5) is 0 Å². The molecule has 2 aromatic carbocycles. The van der Waals surface area contributed by atoms with Gasteiger partial charge < -0.3 is 5.32 Å². The van der Waals surface area contributed by atoms with Crippen molar-refractivity contribution in [2.24, 2.45) is 21.8 Å². The molecule has 0 radical (unpaired) electrons. The van der Waals surface area contributed by atoms with Gasteiger partial charge in [-0.25, -0.2) is 5.43 Å². The molecule has 2 amide bonds. The summed E-state index contributed by atoms with van der Waals surface area (Å²) in [5.41, 5.74) is 4.99. The maximum absolute atomic E-state index is 12.3. The van der Waals surface area contributed by atoms with Crippen LogP contribution in [0.15, 0.2) is 47.6 Å². The first-order valence-electron chi connectivity index (χ1n) is 10.4. The van der Waals surface area contributed by atoms with E-state index in [-0.39, 0.29) is 35.6 Å². The molecule has 2 aliphatic rings. The van der Waals surface area contributed by atoms with E-state index in [2.05, 4.69) is 36.6 Å². The molecule has 0 heterocycles. The van der Waals surface area contributed by atoms with E-state index in [4.69, 9.17) is 0 Å². The van der Waals surface area contributed by atoms with Crippen LogP contribution in [0.3, 0.4) is 0 Å². The summed E-state index contributed by atoms with van der Waals surface area (Å²) in [7, 11) is 0. The van der Waals surface area contributed by atoms with E-state index in [1.54, 1.807) is 0 Å². The predicted molar refractivity (Wildman–Crippen MR) is 115 cm³/mol. The van der Waals surface area contributed by atoms with Gasteiger partial charge in [0.15, 0.2) is 0 Å². The van der Waals surface area contributed by atoms with Crippen LogP contribution in [0.5, 0.6) is 0 Å². The Morgan fingerprint density at radius 3 is 2.55 bits per heavy atom. The zero-order valence-electron chi connectivity index (χ0n) is 17.4. The maximum Gasteiger partial charge on any atom is 0.259 e. The van der Waals surface area contributed by atoms with Crippen LogP contribution in [-0.4, -0.2) is 24.1 Å². The van der Waals surface area contributed by atoms with E-state index in [0.29, 0.717) is 5.92 Å². The fourth-order valence-electron chi connectivity index (χ4n) is 5.13. The average Bonchev–Trinajstić information content (AvgIpc) is 3.04. The lowest BCUT2D eigenvalue weighted by Crippen LogP contribution is -2.38. The van der Waals surface area contributed by atoms with Crippen LogP contribution >= 0.6 is 0 Å². The normalized spacial score (nSPS) is 26.0. The molecular weight excluding hydrogens is 362 g/mol. The number of carbonyl (C=O) groups excluding carboxylic acids is 2. The Morgan fingerprint density at radius 2 is 1.83 bits per heavy atom. The lowest BCUT2D eigenvalue weighted by atomic mass is 9.70. The Hall–Kier alpha value is -2.69. The van der Waals surface area contributed by atoms with Crippen molar-refractivity contribution < 1.29 is 9.59 Å². The summed E-state index contributed by atoms with van der Waals surface area (Å²) in [6, 6.07) is 13.9. The molecule has 4 rings (SSSR count). The van der Waals surface area contributed by atoms with Crippen molar-refractivity contribution in [3.05, 3.63) is 48.0 Å². The number of carbonyl (C=O) groups is 2. The zero-order valence-corrected chi connectivity index (χ0v) is 17.4. The van der Waals surface area contributed by atoms with Gasteiger partial charge in [-0.1, -0.05) is 63.2 Å². The number of hydrogen-bond donors (Lipinski definition) is 2. The smallest absolute Gasteiger partial charge is 0.259 e. The van der Waals surface area contributed by atoms with Gasteiger partial charge in [0.2, 0.25) is 5.91 Å². The molecule has 5 heteroatoms. The van der Waals surface area contributed by atoms with E-state index in [0.717, 1.165) is 34.9 Å². The first-order valence-corrected chi connectivity index (χ1v) is 10.4. The SMILES string of the molecule is CC1(C)[C@H]2CC[C@@]1(C)/C(=N/NC(=O)CNC(=O)Cc1cccc3ccccc13)C2. The number of amides is 2. The summed E-state index contributed by atoms with van der Waals surface area (Å²) in [4.78, 5) is 24.5. The monoisotopic (exact) mass is 391 g/mol. The highest BCUT2D eigenvalue weighted by atomic mass is 16.2.